The molecule has 1 heterocycles. The van der Waals surface area contributed by atoms with Crippen molar-refractivity contribution in [3.05, 3.63) is 60.8 Å². The zero-order chi connectivity index (χ0) is 11.0. The summed E-state index contributed by atoms with van der Waals surface area (Å²) in [5, 5.41) is 0.941. The van der Waals surface area contributed by atoms with Crippen molar-refractivity contribution in [3.8, 4) is 11.1 Å². The van der Waals surface area contributed by atoms with Gasteiger partial charge in [0.2, 0.25) is 0 Å². The minimum Gasteiger partial charge on any atom is -0.186 e. The monoisotopic (exact) mass is 211 g/mol. The minimum atomic E-state index is 0.612. The fourth-order valence-corrected chi connectivity index (χ4v) is 1.99. The molecule has 0 spiro atoms. The van der Waals surface area contributed by atoms with Crippen molar-refractivity contribution in [2.45, 2.75) is 0 Å². The van der Waals surface area contributed by atoms with E-state index in [4.69, 9.17) is 0 Å². The lowest BCUT2D eigenvalue weighted by atomic mass is 10.1. The SMILES string of the molecule is Fn1cc(-c2ccccc2)c2ccccc21. The topological polar surface area (TPSA) is 4.93 Å². The standard InChI is InChI=1S/C14H10FN/c15-16-10-13(11-6-2-1-3-7-11)12-8-4-5-9-14(12)16/h1-10H. The number of hydrogen-bond acceptors (Lipinski definition) is 0. The predicted molar refractivity (Wildman–Crippen MR) is 63.9 cm³/mol. The van der Waals surface area contributed by atoms with Gasteiger partial charge in [-0.1, -0.05) is 53.0 Å². The van der Waals surface area contributed by atoms with Gasteiger partial charge in [-0.05, 0) is 11.6 Å². The summed E-state index contributed by atoms with van der Waals surface area (Å²) in [6, 6.07) is 17.3. The molecule has 0 aliphatic heterocycles. The van der Waals surface area contributed by atoms with E-state index in [9.17, 15) is 4.48 Å². The Hall–Kier alpha value is -2.09. The first-order valence-corrected chi connectivity index (χ1v) is 5.18. The molecule has 0 radical (unpaired) electrons. The van der Waals surface area contributed by atoms with Gasteiger partial charge in [-0.3, -0.25) is 0 Å². The van der Waals surface area contributed by atoms with Crippen LogP contribution < -0.4 is 0 Å². The van der Waals surface area contributed by atoms with Crippen molar-refractivity contribution in [2.75, 3.05) is 0 Å². The van der Waals surface area contributed by atoms with Crippen LogP contribution in [0.25, 0.3) is 22.0 Å². The molecule has 2 heteroatoms. The molecule has 0 N–H and O–H groups in total. The van der Waals surface area contributed by atoms with Crippen LogP contribution >= 0.6 is 0 Å². The number of hydrogen-bond donors (Lipinski definition) is 0. The fourth-order valence-electron chi connectivity index (χ4n) is 1.99. The highest BCUT2D eigenvalue weighted by molar-refractivity contribution is 5.95. The Labute approximate surface area is 92.7 Å². The molecule has 0 fully saturated rings. The molecule has 1 aromatic heterocycles. The van der Waals surface area contributed by atoms with Gasteiger partial charge < -0.3 is 0 Å². The van der Waals surface area contributed by atoms with E-state index in [1.807, 2.05) is 48.5 Å². The zero-order valence-electron chi connectivity index (χ0n) is 8.60. The second-order valence-corrected chi connectivity index (χ2v) is 3.74. The average molecular weight is 211 g/mol. The number of fused-ring (bicyclic) bond motifs is 1. The molecular formula is C14H10FN. The molecule has 3 rings (SSSR count). The van der Waals surface area contributed by atoms with E-state index in [-0.39, 0.29) is 0 Å². The van der Waals surface area contributed by atoms with Crippen LogP contribution in [0.3, 0.4) is 0 Å². The molecule has 0 aliphatic rings. The van der Waals surface area contributed by atoms with Gasteiger partial charge in [0.25, 0.3) is 0 Å². The molecular weight excluding hydrogens is 201 g/mol. The van der Waals surface area contributed by atoms with Gasteiger partial charge in [0.05, 0.1) is 5.52 Å². The van der Waals surface area contributed by atoms with Crippen LogP contribution in [0.1, 0.15) is 0 Å². The van der Waals surface area contributed by atoms with Gasteiger partial charge >= 0.3 is 0 Å². The molecule has 3 aromatic rings. The molecule has 0 atom stereocenters. The maximum Gasteiger partial charge on any atom is 0.0819 e. The maximum atomic E-state index is 13.6. The summed E-state index contributed by atoms with van der Waals surface area (Å²) in [7, 11) is 0. The van der Waals surface area contributed by atoms with Crippen LogP contribution in [-0.2, 0) is 0 Å². The van der Waals surface area contributed by atoms with Gasteiger partial charge in [0.1, 0.15) is 0 Å². The first kappa shape index (κ1) is 9.16. The molecule has 0 bridgehead atoms. The first-order chi connectivity index (χ1) is 7.86. The number of benzene rings is 2. The number of rotatable bonds is 1. The quantitative estimate of drug-likeness (QED) is 0.572. The normalized spacial score (nSPS) is 10.8. The predicted octanol–water partition coefficient (Wildman–Crippen LogP) is 4.04. The van der Waals surface area contributed by atoms with E-state index < -0.39 is 0 Å². The third-order valence-electron chi connectivity index (χ3n) is 2.75. The highest BCUT2D eigenvalue weighted by atomic mass is 19.2. The van der Waals surface area contributed by atoms with Gasteiger partial charge in [-0.15, -0.1) is 0 Å². The molecule has 0 amide bonds. The van der Waals surface area contributed by atoms with Crippen molar-refractivity contribution in [3.63, 3.8) is 0 Å². The summed E-state index contributed by atoms with van der Waals surface area (Å²) in [6.07, 6.45) is 1.53. The summed E-state index contributed by atoms with van der Waals surface area (Å²) >= 11 is 0. The number of para-hydroxylation sites is 1. The summed E-state index contributed by atoms with van der Waals surface area (Å²) in [5.41, 5.74) is 2.58. The Bertz CT molecular complexity index is 626. The Balaban J connectivity index is 2.33. The van der Waals surface area contributed by atoms with Gasteiger partial charge in [-0.25, -0.2) is 0 Å². The number of nitrogens with zero attached hydrogens (tertiary/aromatic N) is 1. The van der Waals surface area contributed by atoms with E-state index >= 15 is 0 Å². The number of aromatic nitrogens is 1. The zero-order valence-corrected chi connectivity index (χ0v) is 8.60. The van der Waals surface area contributed by atoms with Crippen LogP contribution in [-0.4, -0.2) is 4.79 Å². The van der Waals surface area contributed by atoms with Crippen molar-refractivity contribution in [1.29, 1.82) is 0 Å². The largest absolute Gasteiger partial charge is 0.186 e. The highest BCUT2D eigenvalue weighted by Gasteiger charge is 2.08. The molecule has 2 aromatic carbocycles. The van der Waals surface area contributed by atoms with Crippen molar-refractivity contribution < 1.29 is 4.48 Å². The Morgan fingerprint density at radius 2 is 1.50 bits per heavy atom. The van der Waals surface area contributed by atoms with Crippen LogP contribution in [0, 0.1) is 0 Å². The maximum absolute atomic E-state index is 13.6. The van der Waals surface area contributed by atoms with E-state index in [0.29, 0.717) is 10.3 Å². The second-order valence-electron chi connectivity index (χ2n) is 3.74. The Morgan fingerprint density at radius 1 is 0.812 bits per heavy atom. The van der Waals surface area contributed by atoms with Crippen LogP contribution in [0.2, 0.25) is 0 Å². The summed E-state index contributed by atoms with van der Waals surface area (Å²) in [4.78, 5) is 0.678. The summed E-state index contributed by atoms with van der Waals surface area (Å²) in [5.74, 6) is 0. The third kappa shape index (κ3) is 1.31. The van der Waals surface area contributed by atoms with Crippen molar-refractivity contribution >= 4 is 10.9 Å². The van der Waals surface area contributed by atoms with Gasteiger partial charge in [-0.2, -0.15) is 4.79 Å². The lowest BCUT2D eigenvalue weighted by molar-refractivity contribution is 0.388. The van der Waals surface area contributed by atoms with Crippen molar-refractivity contribution in [1.82, 2.24) is 4.79 Å². The third-order valence-corrected chi connectivity index (χ3v) is 2.75. The average Bonchev–Trinajstić information content (AvgIpc) is 2.69. The van der Waals surface area contributed by atoms with Crippen LogP contribution in [0.5, 0.6) is 0 Å². The molecule has 16 heavy (non-hydrogen) atoms. The molecule has 0 saturated heterocycles. The lowest BCUT2D eigenvalue weighted by Crippen LogP contribution is -1.74. The van der Waals surface area contributed by atoms with E-state index in [0.717, 1.165) is 16.5 Å². The second kappa shape index (κ2) is 3.49. The molecule has 0 saturated carbocycles. The molecule has 0 aliphatic carbocycles. The van der Waals surface area contributed by atoms with Crippen LogP contribution in [0.15, 0.2) is 60.8 Å². The van der Waals surface area contributed by atoms with Gasteiger partial charge in [0.15, 0.2) is 0 Å². The molecule has 1 nitrogen and oxygen atoms in total. The molecule has 0 unspecified atom stereocenters. The Kier molecular flexibility index (Phi) is 2.00. The summed E-state index contributed by atoms with van der Waals surface area (Å²) in [6.45, 7) is 0. The minimum absolute atomic E-state index is 0.612. The Morgan fingerprint density at radius 3 is 2.31 bits per heavy atom. The fraction of sp³-hybridized carbons (Fsp3) is 0. The first-order valence-electron chi connectivity index (χ1n) is 5.18. The van der Waals surface area contributed by atoms with Gasteiger partial charge in [0, 0.05) is 17.1 Å². The lowest BCUT2D eigenvalue weighted by Gasteiger charge is -1.97. The van der Waals surface area contributed by atoms with E-state index in [1.54, 1.807) is 6.07 Å². The van der Waals surface area contributed by atoms with Crippen LogP contribution in [0.4, 0.5) is 4.48 Å². The van der Waals surface area contributed by atoms with Crippen molar-refractivity contribution in [2.24, 2.45) is 0 Å². The molecule has 78 valence electrons. The van der Waals surface area contributed by atoms with E-state index in [2.05, 4.69) is 0 Å². The summed E-state index contributed by atoms with van der Waals surface area (Å²) < 4.78 is 13.6. The van der Waals surface area contributed by atoms with E-state index in [1.165, 1.54) is 6.20 Å². The highest BCUT2D eigenvalue weighted by Crippen LogP contribution is 2.30. The number of halogens is 1. The smallest absolute Gasteiger partial charge is 0.0819 e.